The first-order chi connectivity index (χ1) is 9.11. The molecule has 0 atom stereocenters. The lowest BCUT2D eigenvalue weighted by Gasteiger charge is -2.05. The lowest BCUT2D eigenvalue weighted by Crippen LogP contribution is -2.30. The molecule has 1 aromatic carbocycles. The van der Waals surface area contributed by atoms with E-state index in [1.54, 1.807) is 6.07 Å². The van der Waals surface area contributed by atoms with Gasteiger partial charge in [-0.3, -0.25) is 10.2 Å². The van der Waals surface area contributed by atoms with Crippen molar-refractivity contribution in [3.8, 4) is 5.75 Å². The highest BCUT2D eigenvalue weighted by Gasteiger charge is 2.13. The average Bonchev–Trinajstić information content (AvgIpc) is 2.88. The van der Waals surface area contributed by atoms with Gasteiger partial charge < -0.3 is 9.26 Å². The molecule has 2 rings (SSSR count). The largest absolute Gasteiger partial charge is 0.482 e. The molecule has 1 amide bonds. The molecule has 0 aliphatic rings. The van der Waals surface area contributed by atoms with Crippen LogP contribution < -0.4 is 16.0 Å². The second-order valence-corrected chi connectivity index (χ2v) is 3.90. The van der Waals surface area contributed by atoms with Crippen molar-refractivity contribution in [2.45, 2.75) is 6.61 Å². The molecule has 100 valence electrons. The van der Waals surface area contributed by atoms with E-state index < -0.39 is 11.7 Å². The van der Waals surface area contributed by atoms with Crippen molar-refractivity contribution >= 4 is 17.5 Å². The lowest BCUT2D eigenvalue weighted by atomic mass is 10.3. The number of halogens is 2. The molecule has 0 saturated carbocycles. The molecule has 2 aromatic rings. The molecule has 1 aromatic heterocycles. The molecule has 0 aliphatic heterocycles. The number of hydrogen-bond donors (Lipinski definition) is 2. The number of carbonyl (C=O) groups is 1. The number of benzene rings is 1. The molecule has 0 bridgehead atoms. The van der Waals surface area contributed by atoms with Crippen LogP contribution in [0, 0.1) is 5.82 Å². The molecule has 0 fully saturated rings. The topological polar surface area (TPSA) is 90.4 Å². The molecular formula is C11H9ClFN3O3. The smallest absolute Gasteiger partial charge is 0.287 e. The van der Waals surface area contributed by atoms with Crippen molar-refractivity contribution in [2.24, 2.45) is 5.84 Å². The summed E-state index contributed by atoms with van der Waals surface area (Å²) in [6, 6.07) is 5.71. The second-order valence-electron chi connectivity index (χ2n) is 3.49. The number of amides is 1. The predicted molar refractivity (Wildman–Crippen MR) is 63.9 cm³/mol. The number of ether oxygens (including phenoxy) is 1. The van der Waals surface area contributed by atoms with Gasteiger partial charge in [-0.1, -0.05) is 22.8 Å². The van der Waals surface area contributed by atoms with Crippen LogP contribution in [0.25, 0.3) is 0 Å². The van der Waals surface area contributed by atoms with Crippen molar-refractivity contribution in [3.05, 3.63) is 46.6 Å². The zero-order valence-electron chi connectivity index (χ0n) is 9.52. The van der Waals surface area contributed by atoms with Crippen LogP contribution in [0.5, 0.6) is 5.75 Å². The first-order valence-electron chi connectivity index (χ1n) is 5.15. The van der Waals surface area contributed by atoms with Gasteiger partial charge in [0, 0.05) is 6.07 Å². The van der Waals surface area contributed by atoms with E-state index in [1.807, 2.05) is 5.43 Å². The van der Waals surface area contributed by atoms with Gasteiger partial charge in [0.2, 0.25) is 0 Å². The van der Waals surface area contributed by atoms with Crippen LogP contribution in [0.1, 0.15) is 16.2 Å². The number of rotatable bonds is 4. The van der Waals surface area contributed by atoms with Crippen LogP contribution in [0.15, 0.2) is 28.8 Å². The summed E-state index contributed by atoms with van der Waals surface area (Å²) in [5, 5.41) is 3.43. The number of carbonyl (C=O) groups excluding carboxylic acids is 1. The van der Waals surface area contributed by atoms with E-state index in [0.29, 0.717) is 0 Å². The van der Waals surface area contributed by atoms with Crippen LogP contribution in [0.4, 0.5) is 4.39 Å². The Hall–Kier alpha value is -2.12. The highest BCUT2D eigenvalue weighted by atomic mass is 35.5. The zero-order valence-corrected chi connectivity index (χ0v) is 10.3. The van der Waals surface area contributed by atoms with Crippen molar-refractivity contribution in [1.29, 1.82) is 0 Å². The third kappa shape index (κ3) is 3.01. The molecule has 0 saturated heterocycles. The first kappa shape index (κ1) is 13.3. The molecule has 0 radical (unpaired) electrons. The van der Waals surface area contributed by atoms with Gasteiger partial charge in [-0.2, -0.15) is 0 Å². The summed E-state index contributed by atoms with van der Waals surface area (Å²) >= 11 is 5.60. The van der Waals surface area contributed by atoms with Crippen LogP contribution >= 0.6 is 11.6 Å². The fourth-order valence-electron chi connectivity index (χ4n) is 1.31. The predicted octanol–water partition coefficient (Wildman–Crippen LogP) is 1.65. The van der Waals surface area contributed by atoms with Crippen molar-refractivity contribution in [2.75, 3.05) is 0 Å². The van der Waals surface area contributed by atoms with Gasteiger partial charge in [-0.05, 0) is 12.1 Å². The Kier molecular flexibility index (Phi) is 3.98. The first-order valence-corrected chi connectivity index (χ1v) is 5.53. The minimum Gasteiger partial charge on any atom is -0.482 e. The number of nitrogens with one attached hydrogen (secondary N) is 1. The van der Waals surface area contributed by atoms with Gasteiger partial charge in [-0.15, -0.1) is 0 Å². The third-order valence-electron chi connectivity index (χ3n) is 2.21. The van der Waals surface area contributed by atoms with Gasteiger partial charge in [0.15, 0.2) is 23.0 Å². The monoisotopic (exact) mass is 285 g/mol. The molecular weight excluding hydrogens is 277 g/mol. The van der Waals surface area contributed by atoms with Gasteiger partial charge >= 0.3 is 0 Å². The molecule has 8 heteroatoms. The third-order valence-corrected chi connectivity index (χ3v) is 2.50. The Balaban J connectivity index is 2.04. The van der Waals surface area contributed by atoms with Gasteiger partial charge in [0.05, 0.1) is 5.02 Å². The maximum absolute atomic E-state index is 13.5. The van der Waals surface area contributed by atoms with E-state index in [9.17, 15) is 9.18 Å². The molecule has 3 N–H and O–H groups in total. The number of aromatic nitrogens is 1. The summed E-state index contributed by atoms with van der Waals surface area (Å²) < 4.78 is 23.5. The molecule has 0 aliphatic carbocycles. The standard InChI is InChI=1S/C11H9ClFN3O3/c12-7-2-1-3-9(10(7)13)18-5-6-4-8(16-19-6)11(17)15-14/h1-4H,5,14H2,(H,15,17). The number of nitrogen functional groups attached to an aromatic ring is 1. The number of nitrogens with zero attached hydrogens (tertiary/aromatic N) is 1. The molecule has 6 nitrogen and oxygen atoms in total. The van der Waals surface area contributed by atoms with E-state index in [1.165, 1.54) is 18.2 Å². The number of hydrazine groups is 1. The van der Waals surface area contributed by atoms with Gasteiger partial charge in [0.25, 0.3) is 5.91 Å². The Morgan fingerprint density at radius 2 is 2.37 bits per heavy atom. The Bertz CT molecular complexity index is 603. The van der Waals surface area contributed by atoms with Crippen LogP contribution in [-0.2, 0) is 6.61 Å². The SMILES string of the molecule is NNC(=O)c1cc(COc2cccc(Cl)c2F)on1. The highest BCUT2D eigenvalue weighted by Crippen LogP contribution is 2.24. The fraction of sp³-hybridized carbons (Fsp3) is 0.0909. The summed E-state index contributed by atoms with van der Waals surface area (Å²) in [6.07, 6.45) is 0. The highest BCUT2D eigenvalue weighted by molar-refractivity contribution is 6.30. The van der Waals surface area contributed by atoms with Crippen LogP contribution in [0.3, 0.4) is 0 Å². The number of nitrogens with two attached hydrogens (primary N) is 1. The molecule has 1 heterocycles. The molecule has 19 heavy (non-hydrogen) atoms. The van der Waals surface area contributed by atoms with E-state index in [0.717, 1.165) is 0 Å². The maximum Gasteiger partial charge on any atom is 0.287 e. The number of hydrogen-bond acceptors (Lipinski definition) is 5. The lowest BCUT2D eigenvalue weighted by molar-refractivity contribution is 0.0944. The summed E-state index contributed by atoms with van der Waals surface area (Å²) in [5.74, 6) is 3.91. The quantitative estimate of drug-likeness (QED) is 0.506. The molecule has 0 unspecified atom stereocenters. The summed E-state index contributed by atoms with van der Waals surface area (Å²) in [5.41, 5.74) is 1.91. The average molecular weight is 286 g/mol. The van der Waals surface area contributed by atoms with Gasteiger partial charge in [0.1, 0.15) is 6.61 Å². The van der Waals surface area contributed by atoms with Crippen molar-refractivity contribution < 1.29 is 18.4 Å². The van der Waals surface area contributed by atoms with E-state index in [-0.39, 0.29) is 28.8 Å². The normalized spacial score (nSPS) is 10.3. The van der Waals surface area contributed by atoms with E-state index in [2.05, 4.69) is 5.16 Å². The minimum atomic E-state index is -0.663. The summed E-state index contributed by atoms with van der Waals surface area (Å²) in [4.78, 5) is 11.1. The van der Waals surface area contributed by atoms with Crippen LogP contribution in [-0.4, -0.2) is 11.1 Å². The van der Waals surface area contributed by atoms with Crippen LogP contribution in [0.2, 0.25) is 5.02 Å². The maximum atomic E-state index is 13.5. The minimum absolute atomic E-state index is 0.00710. The van der Waals surface area contributed by atoms with Crippen molar-refractivity contribution in [1.82, 2.24) is 10.6 Å². The Morgan fingerprint density at radius 3 is 3.11 bits per heavy atom. The van der Waals surface area contributed by atoms with E-state index >= 15 is 0 Å². The summed E-state index contributed by atoms with van der Waals surface area (Å²) in [7, 11) is 0. The Labute approximate surface area is 112 Å². The fourth-order valence-corrected chi connectivity index (χ4v) is 1.47. The molecule has 0 spiro atoms. The second kappa shape index (κ2) is 5.68. The van der Waals surface area contributed by atoms with Gasteiger partial charge in [-0.25, -0.2) is 10.2 Å². The van der Waals surface area contributed by atoms with Crippen molar-refractivity contribution in [3.63, 3.8) is 0 Å². The summed E-state index contributed by atoms with van der Waals surface area (Å²) in [6.45, 7) is -0.0951. The van der Waals surface area contributed by atoms with E-state index in [4.69, 9.17) is 26.7 Å². The Morgan fingerprint density at radius 1 is 1.58 bits per heavy atom. The zero-order chi connectivity index (χ0) is 13.8.